The molecule has 2 rings (SSSR count). The highest BCUT2D eigenvalue weighted by Gasteiger charge is 2.18. The van der Waals surface area contributed by atoms with Gasteiger partial charge in [-0.05, 0) is 41.2 Å². The zero-order valence-electron chi connectivity index (χ0n) is 9.90. The molecule has 98 valence electrons. The van der Waals surface area contributed by atoms with Gasteiger partial charge in [-0.2, -0.15) is 0 Å². The number of thiophene rings is 2. The van der Waals surface area contributed by atoms with Crippen LogP contribution < -0.4 is 5.73 Å². The van der Waals surface area contributed by atoms with Crippen LogP contribution in [0, 0.1) is 0 Å². The summed E-state index contributed by atoms with van der Waals surface area (Å²) in [7, 11) is 2.10. The predicted octanol–water partition coefficient (Wildman–Crippen LogP) is 4.36. The Labute approximate surface area is 128 Å². The van der Waals surface area contributed by atoms with Crippen LogP contribution in [0.3, 0.4) is 0 Å². The molecule has 0 saturated carbocycles. The van der Waals surface area contributed by atoms with Crippen molar-refractivity contribution in [2.75, 3.05) is 13.6 Å². The summed E-state index contributed by atoms with van der Waals surface area (Å²) in [6.45, 7) is 1.48. The van der Waals surface area contributed by atoms with Crippen LogP contribution in [0.5, 0.6) is 0 Å². The van der Waals surface area contributed by atoms with Crippen molar-refractivity contribution < 1.29 is 0 Å². The maximum absolute atomic E-state index is 5.95. The van der Waals surface area contributed by atoms with Crippen LogP contribution >= 0.6 is 50.2 Å². The molecule has 0 fully saturated rings. The van der Waals surface area contributed by atoms with E-state index < -0.39 is 0 Å². The standard InChI is InChI=1S/C12H14BrClN2S2/c1-16(6-9-2-3-12(14)18-9)10(5-15)11-4-8(13)7-17-11/h2-4,7,10H,5-6,15H2,1H3. The smallest absolute Gasteiger partial charge is 0.0931 e. The molecule has 18 heavy (non-hydrogen) atoms. The van der Waals surface area contributed by atoms with Crippen LogP contribution in [0.2, 0.25) is 4.34 Å². The zero-order valence-corrected chi connectivity index (χ0v) is 13.9. The van der Waals surface area contributed by atoms with Crippen LogP contribution in [0.25, 0.3) is 0 Å². The van der Waals surface area contributed by atoms with Gasteiger partial charge >= 0.3 is 0 Å². The van der Waals surface area contributed by atoms with E-state index >= 15 is 0 Å². The Morgan fingerprint density at radius 1 is 1.50 bits per heavy atom. The molecule has 0 saturated heterocycles. The third kappa shape index (κ3) is 3.56. The average Bonchev–Trinajstić information content (AvgIpc) is 2.89. The summed E-state index contributed by atoms with van der Waals surface area (Å²) in [5.74, 6) is 0. The molecule has 0 amide bonds. The minimum absolute atomic E-state index is 0.252. The third-order valence-electron chi connectivity index (χ3n) is 2.71. The molecule has 2 heterocycles. The van der Waals surface area contributed by atoms with E-state index in [9.17, 15) is 0 Å². The minimum atomic E-state index is 0.252. The Hall–Kier alpha value is 0.0900. The summed E-state index contributed by atoms with van der Waals surface area (Å²) >= 11 is 12.8. The number of nitrogens with two attached hydrogens (primary N) is 1. The molecule has 2 aromatic heterocycles. The fourth-order valence-corrected chi connectivity index (χ4v) is 4.58. The Morgan fingerprint density at radius 2 is 2.28 bits per heavy atom. The van der Waals surface area contributed by atoms with E-state index in [0.29, 0.717) is 6.54 Å². The zero-order chi connectivity index (χ0) is 13.1. The van der Waals surface area contributed by atoms with E-state index in [-0.39, 0.29) is 6.04 Å². The van der Waals surface area contributed by atoms with Gasteiger partial charge in [-0.3, -0.25) is 4.90 Å². The molecule has 0 bridgehead atoms. The molecule has 0 aromatic carbocycles. The summed E-state index contributed by atoms with van der Waals surface area (Å²) in [5.41, 5.74) is 5.90. The number of rotatable bonds is 5. The molecule has 0 spiro atoms. The van der Waals surface area contributed by atoms with Crippen LogP contribution in [0.15, 0.2) is 28.1 Å². The van der Waals surface area contributed by atoms with Crippen molar-refractivity contribution in [2.45, 2.75) is 12.6 Å². The molecule has 2 nitrogen and oxygen atoms in total. The first kappa shape index (κ1) is 14.5. The molecule has 2 aromatic rings. The predicted molar refractivity (Wildman–Crippen MR) is 84.6 cm³/mol. The fraction of sp³-hybridized carbons (Fsp3) is 0.333. The lowest BCUT2D eigenvalue weighted by molar-refractivity contribution is 0.247. The Morgan fingerprint density at radius 3 is 2.78 bits per heavy atom. The monoisotopic (exact) mass is 364 g/mol. The maximum atomic E-state index is 5.95. The minimum Gasteiger partial charge on any atom is -0.329 e. The fourth-order valence-electron chi connectivity index (χ4n) is 1.81. The summed E-state index contributed by atoms with van der Waals surface area (Å²) in [6, 6.07) is 6.40. The lowest BCUT2D eigenvalue weighted by atomic mass is 10.2. The van der Waals surface area contributed by atoms with Crippen molar-refractivity contribution in [3.8, 4) is 0 Å². The van der Waals surface area contributed by atoms with Gasteiger partial charge in [-0.1, -0.05) is 11.6 Å². The van der Waals surface area contributed by atoms with Gasteiger partial charge < -0.3 is 5.73 Å². The van der Waals surface area contributed by atoms with Gasteiger partial charge in [0.15, 0.2) is 0 Å². The highest BCUT2D eigenvalue weighted by molar-refractivity contribution is 9.10. The molecule has 0 radical (unpaired) electrons. The van der Waals surface area contributed by atoms with Crippen molar-refractivity contribution in [1.82, 2.24) is 4.90 Å². The average molecular weight is 366 g/mol. The number of halogens is 2. The highest BCUT2D eigenvalue weighted by Crippen LogP contribution is 2.30. The highest BCUT2D eigenvalue weighted by atomic mass is 79.9. The van der Waals surface area contributed by atoms with Crippen molar-refractivity contribution >= 4 is 50.2 Å². The second-order valence-corrected chi connectivity index (χ2v) is 7.70. The van der Waals surface area contributed by atoms with Crippen molar-refractivity contribution in [3.63, 3.8) is 0 Å². The normalized spacial score (nSPS) is 13.2. The summed E-state index contributed by atoms with van der Waals surface area (Å²) in [4.78, 5) is 4.81. The SMILES string of the molecule is CN(Cc1ccc(Cl)s1)C(CN)c1cc(Br)cs1. The summed E-state index contributed by atoms with van der Waals surface area (Å²) in [5, 5.41) is 2.09. The number of nitrogens with zero attached hydrogens (tertiary/aromatic N) is 1. The van der Waals surface area contributed by atoms with E-state index in [4.69, 9.17) is 17.3 Å². The topological polar surface area (TPSA) is 29.3 Å². The van der Waals surface area contributed by atoms with Gasteiger partial charge in [0.2, 0.25) is 0 Å². The lowest BCUT2D eigenvalue weighted by Gasteiger charge is -2.25. The molecular formula is C12H14BrClN2S2. The van der Waals surface area contributed by atoms with E-state index in [1.165, 1.54) is 9.75 Å². The van der Waals surface area contributed by atoms with Crippen molar-refractivity contribution in [1.29, 1.82) is 0 Å². The van der Waals surface area contributed by atoms with Gasteiger partial charge in [0.1, 0.15) is 0 Å². The van der Waals surface area contributed by atoms with E-state index in [0.717, 1.165) is 15.4 Å². The molecule has 1 atom stereocenters. The molecule has 0 aliphatic carbocycles. The Bertz CT molecular complexity index is 512. The molecule has 6 heteroatoms. The molecule has 1 unspecified atom stereocenters. The van der Waals surface area contributed by atoms with Gasteiger partial charge in [0.05, 0.1) is 10.4 Å². The van der Waals surface area contributed by atoms with Crippen LogP contribution in [0.4, 0.5) is 0 Å². The third-order valence-corrected chi connectivity index (χ3v) is 5.72. The Kier molecular flexibility index (Phi) is 5.24. The van der Waals surface area contributed by atoms with Gasteiger partial charge in [0.25, 0.3) is 0 Å². The number of likely N-dealkylation sites (N-methyl/N-ethyl adjacent to an activating group) is 1. The van der Waals surface area contributed by atoms with Crippen molar-refractivity contribution in [2.24, 2.45) is 5.73 Å². The van der Waals surface area contributed by atoms with Gasteiger partial charge in [-0.25, -0.2) is 0 Å². The molecular weight excluding hydrogens is 352 g/mol. The molecule has 0 aliphatic heterocycles. The maximum Gasteiger partial charge on any atom is 0.0931 e. The van der Waals surface area contributed by atoms with E-state index in [1.54, 1.807) is 22.7 Å². The second kappa shape index (κ2) is 6.50. The summed E-state index contributed by atoms with van der Waals surface area (Å²) < 4.78 is 1.95. The van der Waals surface area contributed by atoms with Crippen LogP contribution in [-0.2, 0) is 6.54 Å². The quantitative estimate of drug-likeness (QED) is 0.853. The molecule has 0 aliphatic rings. The largest absolute Gasteiger partial charge is 0.329 e. The summed E-state index contributed by atoms with van der Waals surface area (Å²) in [6.07, 6.45) is 0. The van der Waals surface area contributed by atoms with Crippen LogP contribution in [-0.4, -0.2) is 18.5 Å². The first-order valence-electron chi connectivity index (χ1n) is 5.48. The number of hydrogen-bond donors (Lipinski definition) is 1. The Balaban J connectivity index is 2.08. The molecule has 2 N–H and O–H groups in total. The first-order valence-corrected chi connectivity index (χ1v) is 8.35. The van der Waals surface area contributed by atoms with E-state index in [2.05, 4.69) is 45.4 Å². The van der Waals surface area contributed by atoms with Crippen LogP contribution in [0.1, 0.15) is 15.8 Å². The van der Waals surface area contributed by atoms with E-state index in [1.807, 2.05) is 6.07 Å². The van der Waals surface area contributed by atoms with Gasteiger partial charge in [0, 0.05) is 32.7 Å². The second-order valence-electron chi connectivity index (χ2n) is 4.04. The first-order chi connectivity index (χ1) is 8.60. The lowest BCUT2D eigenvalue weighted by Crippen LogP contribution is -2.29. The number of hydrogen-bond acceptors (Lipinski definition) is 4. The van der Waals surface area contributed by atoms with Gasteiger partial charge in [-0.15, -0.1) is 22.7 Å². The van der Waals surface area contributed by atoms with Crippen molar-refractivity contribution in [3.05, 3.63) is 42.1 Å².